The predicted molar refractivity (Wildman–Crippen MR) is 105 cm³/mol. The second-order valence-corrected chi connectivity index (χ2v) is 7.69. The summed E-state index contributed by atoms with van der Waals surface area (Å²) in [7, 11) is 0. The van der Waals surface area contributed by atoms with E-state index in [2.05, 4.69) is 26.0 Å². The van der Waals surface area contributed by atoms with Crippen LogP contribution in [0.2, 0.25) is 0 Å². The number of halogens is 4. The van der Waals surface area contributed by atoms with E-state index in [0.717, 1.165) is 14.9 Å². The first-order valence-electron chi connectivity index (χ1n) is 8.22. The molecule has 0 atom stereocenters. The van der Waals surface area contributed by atoms with Crippen molar-refractivity contribution in [2.24, 2.45) is 0 Å². The molecule has 2 aromatic heterocycles. The quantitative estimate of drug-likeness (QED) is 0.431. The Bertz CT molecular complexity index is 966. The van der Waals surface area contributed by atoms with Crippen LogP contribution in [-0.2, 0) is 12.6 Å². The highest BCUT2D eigenvalue weighted by Crippen LogP contribution is 2.38. The second kappa shape index (κ2) is 7.67. The lowest BCUT2D eigenvalue weighted by Crippen LogP contribution is -2.09. The third-order valence-corrected chi connectivity index (χ3v) is 5.81. The third kappa shape index (κ3) is 3.91. The highest BCUT2D eigenvalue weighted by Gasteiger charge is 2.39. The summed E-state index contributed by atoms with van der Waals surface area (Å²) in [4.78, 5) is 5.25. The minimum absolute atomic E-state index is 0.167. The van der Waals surface area contributed by atoms with E-state index in [0.29, 0.717) is 17.1 Å². The summed E-state index contributed by atoms with van der Waals surface area (Å²) in [6, 6.07) is 8.99. The molecule has 0 spiro atoms. The van der Waals surface area contributed by atoms with E-state index >= 15 is 0 Å². The van der Waals surface area contributed by atoms with Gasteiger partial charge in [-0.3, -0.25) is 0 Å². The van der Waals surface area contributed by atoms with Gasteiger partial charge in [-0.2, -0.15) is 18.3 Å². The lowest BCUT2D eigenvalue weighted by atomic mass is 10.0. The van der Waals surface area contributed by atoms with Crippen LogP contribution in [0.5, 0.6) is 0 Å². The first-order valence-corrected chi connectivity index (χ1v) is 10.2. The lowest BCUT2D eigenvalue weighted by molar-refractivity contribution is -0.141. The number of rotatable bonds is 4. The average Bonchev–Trinajstić information content (AvgIpc) is 3.04. The molecule has 0 aliphatic rings. The molecule has 0 amide bonds. The summed E-state index contributed by atoms with van der Waals surface area (Å²) in [6.07, 6.45) is -0.772. The molecule has 0 N–H and O–H groups in total. The zero-order valence-electron chi connectivity index (χ0n) is 14.9. The van der Waals surface area contributed by atoms with E-state index in [4.69, 9.17) is 0 Å². The molecule has 0 aliphatic carbocycles. The molecule has 2 heterocycles. The van der Waals surface area contributed by atoms with E-state index in [-0.39, 0.29) is 12.0 Å². The zero-order valence-corrected chi connectivity index (χ0v) is 17.3. The van der Waals surface area contributed by atoms with Crippen LogP contribution >= 0.6 is 27.7 Å². The Morgan fingerprint density at radius 2 is 1.93 bits per heavy atom. The standard InChI is InChI=1S/C19H17BrF3N3S/c1-4-14-17(12-5-7-15(20)11(2)9-12)26(25-18(14)19(21,22)23)16-8-6-13(27-3)10-24-16/h5-10H,4H2,1-3H3. The summed E-state index contributed by atoms with van der Waals surface area (Å²) < 4.78 is 43.0. The van der Waals surface area contributed by atoms with Gasteiger partial charge in [0.25, 0.3) is 0 Å². The van der Waals surface area contributed by atoms with E-state index in [1.807, 2.05) is 31.4 Å². The number of benzene rings is 1. The molecule has 3 nitrogen and oxygen atoms in total. The van der Waals surface area contributed by atoms with Crippen molar-refractivity contribution < 1.29 is 13.2 Å². The number of aromatic nitrogens is 3. The molecule has 1 aromatic carbocycles. The van der Waals surface area contributed by atoms with Crippen LogP contribution in [-0.4, -0.2) is 21.0 Å². The molecular formula is C19H17BrF3N3S. The van der Waals surface area contributed by atoms with Crippen LogP contribution in [0.1, 0.15) is 23.7 Å². The van der Waals surface area contributed by atoms with Crippen molar-refractivity contribution in [3.05, 3.63) is 57.8 Å². The monoisotopic (exact) mass is 455 g/mol. The van der Waals surface area contributed by atoms with Gasteiger partial charge >= 0.3 is 6.18 Å². The van der Waals surface area contributed by atoms with Gasteiger partial charge in [0.15, 0.2) is 11.5 Å². The van der Waals surface area contributed by atoms with Crippen molar-refractivity contribution in [3.8, 4) is 17.1 Å². The number of nitrogens with zero attached hydrogens (tertiary/aromatic N) is 3. The van der Waals surface area contributed by atoms with E-state index in [9.17, 15) is 13.2 Å². The van der Waals surface area contributed by atoms with Gasteiger partial charge < -0.3 is 0 Å². The SMILES string of the molecule is CCc1c(C(F)(F)F)nn(-c2ccc(SC)cn2)c1-c1ccc(Br)c(C)c1. The Morgan fingerprint density at radius 1 is 1.19 bits per heavy atom. The minimum Gasteiger partial charge on any atom is -0.236 e. The summed E-state index contributed by atoms with van der Waals surface area (Å²) in [5, 5.41) is 3.92. The van der Waals surface area contributed by atoms with E-state index < -0.39 is 11.9 Å². The summed E-state index contributed by atoms with van der Waals surface area (Å²) in [5.74, 6) is 0.355. The largest absolute Gasteiger partial charge is 0.435 e. The van der Waals surface area contributed by atoms with Gasteiger partial charge in [-0.15, -0.1) is 11.8 Å². The van der Waals surface area contributed by atoms with E-state index in [1.54, 1.807) is 25.3 Å². The summed E-state index contributed by atoms with van der Waals surface area (Å²) in [6.45, 7) is 3.60. The predicted octanol–water partition coefficient (Wildman–Crippen LogP) is 6.31. The Balaban J connectivity index is 2.30. The molecule has 0 saturated carbocycles. The molecule has 142 valence electrons. The van der Waals surface area contributed by atoms with Crippen LogP contribution in [0.3, 0.4) is 0 Å². The number of thioether (sulfide) groups is 1. The first-order chi connectivity index (χ1) is 12.8. The van der Waals surface area contributed by atoms with Crippen molar-refractivity contribution in [1.29, 1.82) is 0 Å². The van der Waals surface area contributed by atoms with Crippen molar-refractivity contribution >= 4 is 27.7 Å². The van der Waals surface area contributed by atoms with Crippen LogP contribution < -0.4 is 0 Å². The Labute approximate surface area is 168 Å². The van der Waals surface area contributed by atoms with Gasteiger partial charge in [0.05, 0.1) is 5.69 Å². The normalized spacial score (nSPS) is 11.8. The molecule has 27 heavy (non-hydrogen) atoms. The van der Waals surface area contributed by atoms with Crippen LogP contribution in [0, 0.1) is 6.92 Å². The fourth-order valence-electron chi connectivity index (χ4n) is 2.89. The van der Waals surface area contributed by atoms with Gasteiger partial charge in [0.2, 0.25) is 0 Å². The maximum atomic E-state index is 13.6. The van der Waals surface area contributed by atoms with Gasteiger partial charge in [0.1, 0.15) is 0 Å². The molecule has 3 aromatic rings. The van der Waals surface area contributed by atoms with Crippen LogP contribution in [0.25, 0.3) is 17.1 Å². The van der Waals surface area contributed by atoms with Crippen LogP contribution in [0.4, 0.5) is 13.2 Å². The molecule has 0 bridgehead atoms. The van der Waals surface area contributed by atoms with E-state index in [1.165, 1.54) is 16.4 Å². The number of pyridine rings is 1. The van der Waals surface area contributed by atoms with Crippen molar-refractivity contribution in [1.82, 2.24) is 14.8 Å². The maximum Gasteiger partial charge on any atom is 0.435 e. The lowest BCUT2D eigenvalue weighted by Gasteiger charge is -2.11. The minimum atomic E-state index is -4.53. The fourth-order valence-corrected chi connectivity index (χ4v) is 3.49. The molecule has 0 saturated heterocycles. The Kier molecular flexibility index (Phi) is 5.67. The maximum absolute atomic E-state index is 13.6. The molecule has 0 aliphatic heterocycles. The molecule has 0 fully saturated rings. The van der Waals surface area contributed by atoms with Gasteiger partial charge in [-0.25, -0.2) is 9.67 Å². The third-order valence-electron chi connectivity index (χ3n) is 4.21. The highest BCUT2D eigenvalue weighted by molar-refractivity contribution is 9.10. The molecule has 0 unspecified atom stereocenters. The van der Waals surface area contributed by atoms with Crippen molar-refractivity contribution in [3.63, 3.8) is 0 Å². The fraction of sp³-hybridized carbons (Fsp3) is 0.263. The Hall–Kier alpha value is -1.80. The van der Waals surface area contributed by atoms with Crippen LogP contribution in [0.15, 0.2) is 45.9 Å². The number of hydrogen-bond acceptors (Lipinski definition) is 3. The summed E-state index contributed by atoms with van der Waals surface area (Å²) >= 11 is 4.95. The van der Waals surface area contributed by atoms with Gasteiger partial charge in [0, 0.05) is 26.7 Å². The highest BCUT2D eigenvalue weighted by atomic mass is 79.9. The summed E-state index contributed by atoms with van der Waals surface area (Å²) in [5.41, 5.74) is 1.33. The molecular weight excluding hydrogens is 439 g/mol. The molecule has 8 heteroatoms. The zero-order chi connectivity index (χ0) is 19.8. The van der Waals surface area contributed by atoms with Gasteiger partial charge in [-0.1, -0.05) is 28.9 Å². The molecule has 0 radical (unpaired) electrons. The number of alkyl halides is 3. The van der Waals surface area contributed by atoms with Crippen molar-refractivity contribution in [2.45, 2.75) is 31.3 Å². The topological polar surface area (TPSA) is 30.7 Å². The van der Waals surface area contributed by atoms with Crippen molar-refractivity contribution in [2.75, 3.05) is 6.26 Å². The number of hydrogen-bond donors (Lipinski definition) is 0. The first kappa shape index (κ1) is 19.9. The average molecular weight is 456 g/mol. The van der Waals surface area contributed by atoms with Gasteiger partial charge in [-0.05, 0) is 49.4 Å². The second-order valence-electron chi connectivity index (χ2n) is 5.96. The molecule has 3 rings (SSSR count). The Morgan fingerprint density at radius 3 is 2.44 bits per heavy atom. The number of aryl methyl sites for hydroxylation is 1. The smallest absolute Gasteiger partial charge is 0.236 e.